The van der Waals surface area contributed by atoms with Crippen LogP contribution in [-0.2, 0) is 11.2 Å². The first-order valence-corrected chi connectivity index (χ1v) is 5.11. The van der Waals surface area contributed by atoms with Gasteiger partial charge in [0.05, 0.1) is 5.41 Å². The van der Waals surface area contributed by atoms with Gasteiger partial charge in [-0.2, -0.15) is 0 Å². The van der Waals surface area contributed by atoms with Crippen LogP contribution in [0.2, 0.25) is 0 Å². The Morgan fingerprint density at radius 2 is 1.71 bits per heavy atom. The van der Waals surface area contributed by atoms with Gasteiger partial charge in [-0.1, -0.05) is 0 Å². The molecule has 0 unspecified atom stereocenters. The van der Waals surface area contributed by atoms with Crippen LogP contribution in [0.25, 0.3) is 0 Å². The zero-order chi connectivity index (χ0) is 13.2. The standard InChI is InChI=1S/C12H13F3O2/c1-12(2,11(16)17)4-3-7-5-9(14)10(15)6-8(7)13/h5-6H,3-4H2,1-2H3,(H,16,17). The van der Waals surface area contributed by atoms with E-state index in [2.05, 4.69) is 0 Å². The molecule has 1 aromatic rings. The van der Waals surface area contributed by atoms with Gasteiger partial charge >= 0.3 is 5.97 Å². The van der Waals surface area contributed by atoms with Gasteiger partial charge in [0.1, 0.15) is 5.82 Å². The molecule has 0 saturated carbocycles. The number of carboxylic acid groups (broad SMARTS) is 1. The minimum Gasteiger partial charge on any atom is -0.481 e. The van der Waals surface area contributed by atoms with Crippen molar-refractivity contribution in [3.8, 4) is 0 Å². The number of halogens is 3. The molecule has 0 amide bonds. The SMILES string of the molecule is CC(C)(CCc1cc(F)c(F)cc1F)C(=O)O. The molecule has 0 atom stereocenters. The molecule has 1 aromatic carbocycles. The van der Waals surface area contributed by atoms with E-state index in [1.807, 2.05) is 0 Å². The summed E-state index contributed by atoms with van der Waals surface area (Å²) in [6.07, 6.45) is 0.187. The number of carbonyl (C=O) groups is 1. The molecule has 0 radical (unpaired) electrons. The smallest absolute Gasteiger partial charge is 0.309 e. The van der Waals surface area contributed by atoms with Gasteiger partial charge in [0, 0.05) is 6.07 Å². The number of aryl methyl sites for hydroxylation is 1. The van der Waals surface area contributed by atoms with Gasteiger partial charge < -0.3 is 5.11 Å². The molecule has 0 aliphatic heterocycles. The summed E-state index contributed by atoms with van der Waals surface area (Å²) >= 11 is 0. The highest BCUT2D eigenvalue weighted by Gasteiger charge is 2.27. The molecular formula is C12H13F3O2. The van der Waals surface area contributed by atoms with Crippen LogP contribution in [0.1, 0.15) is 25.8 Å². The van der Waals surface area contributed by atoms with E-state index in [1.165, 1.54) is 13.8 Å². The number of hydrogen-bond donors (Lipinski definition) is 1. The summed E-state index contributed by atoms with van der Waals surface area (Å²) in [6, 6.07) is 1.24. The van der Waals surface area contributed by atoms with Gasteiger partial charge in [-0.3, -0.25) is 4.79 Å². The molecule has 0 bridgehead atoms. The summed E-state index contributed by atoms with van der Waals surface area (Å²) in [4.78, 5) is 10.8. The van der Waals surface area contributed by atoms with Gasteiger partial charge in [0.25, 0.3) is 0 Å². The lowest BCUT2D eigenvalue weighted by Gasteiger charge is -2.18. The van der Waals surface area contributed by atoms with Gasteiger partial charge in [-0.25, -0.2) is 13.2 Å². The third-order valence-electron chi connectivity index (χ3n) is 2.69. The first kappa shape index (κ1) is 13.5. The molecule has 0 spiro atoms. The third kappa shape index (κ3) is 3.22. The lowest BCUT2D eigenvalue weighted by atomic mass is 9.86. The average molecular weight is 246 g/mol. The van der Waals surface area contributed by atoms with Crippen LogP contribution < -0.4 is 0 Å². The first-order chi connectivity index (χ1) is 7.74. The maximum atomic E-state index is 13.3. The lowest BCUT2D eigenvalue weighted by molar-refractivity contribution is -0.147. The normalized spacial score (nSPS) is 11.6. The van der Waals surface area contributed by atoms with Crippen molar-refractivity contribution in [1.82, 2.24) is 0 Å². The van der Waals surface area contributed by atoms with Crippen LogP contribution in [0.15, 0.2) is 12.1 Å². The lowest BCUT2D eigenvalue weighted by Crippen LogP contribution is -2.24. The zero-order valence-electron chi connectivity index (χ0n) is 9.56. The molecule has 0 aliphatic rings. The Kier molecular flexibility index (Phi) is 3.80. The summed E-state index contributed by atoms with van der Waals surface area (Å²) in [6.45, 7) is 2.99. The first-order valence-electron chi connectivity index (χ1n) is 5.11. The largest absolute Gasteiger partial charge is 0.481 e. The molecular weight excluding hydrogens is 233 g/mol. The highest BCUT2D eigenvalue weighted by Crippen LogP contribution is 2.24. The summed E-state index contributed by atoms with van der Waals surface area (Å²) < 4.78 is 38.8. The van der Waals surface area contributed by atoms with Crippen molar-refractivity contribution < 1.29 is 23.1 Å². The number of benzene rings is 1. The third-order valence-corrected chi connectivity index (χ3v) is 2.69. The molecule has 2 nitrogen and oxygen atoms in total. The molecule has 0 aromatic heterocycles. The number of carboxylic acids is 1. The number of aliphatic carboxylic acids is 1. The van der Waals surface area contributed by atoms with Crippen LogP contribution in [0.3, 0.4) is 0 Å². The van der Waals surface area contributed by atoms with E-state index < -0.39 is 28.8 Å². The summed E-state index contributed by atoms with van der Waals surface area (Å²) in [7, 11) is 0. The molecule has 0 heterocycles. The second-order valence-electron chi connectivity index (χ2n) is 4.55. The maximum Gasteiger partial charge on any atom is 0.309 e. The Morgan fingerprint density at radius 3 is 2.24 bits per heavy atom. The van der Waals surface area contributed by atoms with Crippen molar-refractivity contribution in [1.29, 1.82) is 0 Å². The molecule has 0 saturated heterocycles. The van der Waals surface area contributed by atoms with E-state index in [4.69, 9.17) is 5.11 Å². The highest BCUT2D eigenvalue weighted by atomic mass is 19.2. The van der Waals surface area contributed by atoms with E-state index in [9.17, 15) is 18.0 Å². The fraction of sp³-hybridized carbons (Fsp3) is 0.417. The van der Waals surface area contributed by atoms with E-state index >= 15 is 0 Å². The number of rotatable bonds is 4. The Balaban J connectivity index is 2.83. The minimum absolute atomic E-state index is 0.0155. The molecule has 0 aliphatic carbocycles. The van der Waals surface area contributed by atoms with Crippen molar-refractivity contribution >= 4 is 5.97 Å². The van der Waals surface area contributed by atoms with Crippen LogP contribution in [0, 0.1) is 22.9 Å². The topological polar surface area (TPSA) is 37.3 Å². The summed E-state index contributed by atoms with van der Waals surface area (Å²) in [5, 5.41) is 8.86. The molecule has 94 valence electrons. The van der Waals surface area contributed by atoms with Crippen molar-refractivity contribution in [2.75, 3.05) is 0 Å². The van der Waals surface area contributed by atoms with Gasteiger partial charge in [-0.15, -0.1) is 0 Å². The Labute approximate surface area is 97.1 Å². The van der Waals surface area contributed by atoms with Crippen LogP contribution in [0.5, 0.6) is 0 Å². The van der Waals surface area contributed by atoms with E-state index in [0.717, 1.165) is 6.07 Å². The molecule has 5 heteroatoms. The second-order valence-corrected chi connectivity index (χ2v) is 4.55. The molecule has 0 fully saturated rings. The molecule has 1 rings (SSSR count). The fourth-order valence-corrected chi connectivity index (χ4v) is 1.31. The van der Waals surface area contributed by atoms with Crippen molar-refractivity contribution in [3.05, 3.63) is 35.1 Å². The monoisotopic (exact) mass is 246 g/mol. The van der Waals surface area contributed by atoms with Crippen molar-refractivity contribution in [3.63, 3.8) is 0 Å². The average Bonchev–Trinajstić information content (AvgIpc) is 2.21. The molecule has 17 heavy (non-hydrogen) atoms. The van der Waals surface area contributed by atoms with E-state index in [-0.39, 0.29) is 18.4 Å². The van der Waals surface area contributed by atoms with Crippen LogP contribution in [0.4, 0.5) is 13.2 Å². The van der Waals surface area contributed by atoms with Crippen LogP contribution >= 0.6 is 0 Å². The van der Waals surface area contributed by atoms with E-state index in [1.54, 1.807) is 0 Å². The quantitative estimate of drug-likeness (QED) is 0.828. The Hall–Kier alpha value is -1.52. The minimum atomic E-state index is -1.25. The van der Waals surface area contributed by atoms with Crippen molar-refractivity contribution in [2.45, 2.75) is 26.7 Å². The second kappa shape index (κ2) is 4.77. The van der Waals surface area contributed by atoms with E-state index in [0.29, 0.717) is 6.07 Å². The summed E-state index contributed by atoms with van der Waals surface area (Å²) in [5.41, 5.74) is -1.05. The predicted molar refractivity (Wildman–Crippen MR) is 56.1 cm³/mol. The van der Waals surface area contributed by atoms with Gasteiger partial charge in [0.2, 0.25) is 0 Å². The fourth-order valence-electron chi connectivity index (χ4n) is 1.31. The Morgan fingerprint density at radius 1 is 1.18 bits per heavy atom. The predicted octanol–water partition coefficient (Wildman–Crippen LogP) is 3.15. The van der Waals surface area contributed by atoms with Gasteiger partial charge in [-0.05, 0) is 38.3 Å². The van der Waals surface area contributed by atoms with Crippen molar-refractivity contribution in [2.24, 2.45) is 5.41 Å². The summed E-state index contributed by atoms with van der Waals surface area (Å²) in [5.74, 6) is -4.25. The maximum absolute atomic E-state index is 13.3. The highest BCUT2D eigenvalue weighted by molar-refractivity contribution is 5.73. The molecule has 1 N–H and O–H groups in total. The number of hydrogen-bond acceptors (Lipinski definition) is 1. The van der Waals surface area contributed by atoms with Gasteiger partial charge in [0.15, 0.2) is 11.6 Å². The Bertz CT molecular complexity index is 442. The zero-order valence-corrected chi connectivity index (χ0v) is 9.56. The van der Waals surface area contributed by atoms with Crippen LogP contribution in [-0.4, -0.2) is 11.1 Å².